The molecule has 2 aromatic rings. The van der Waals surface area contributed by atoms with E-state index in [1.54, 1.807) is 0 Å². The summed E-state index contributed by atoms with van der Waals surface area (Å²) in [5.41, 5.74) is 2.53. The van der Waals surface area contributed by atoms with E-state index in [0.717, 1.165) is 58.5 Å². The number of amides is 1. The van der Waals surface area contributed by atoms with E-state index in [2.05, 4.69) is 77.9 Å². The summed E-state index contributed by atoms with van der Waals surface area (Å²) in [5, 5.41) is 10.0. The van der Waals surface area contributed by atoms with E-state index in [1.807, 2.05) is 18.2 Å². The maximum atomic E-state index is 13.1. The Morgan fingerprint density at radius 2 is 1.62 bits per heavy atom. The van der Waals surface area contributed by atoms with Gasteiger partial charge in [-0.15, -0.1) is 0 Å². The molecule has 2 saturated heterocycles. The van der Waals surface area contributed by atoms with Crippen LogP contribution in [-0.2, 0) is 16.0 Å². The van der Waals surface area contributed by atoms with Gasteiger partial charge in [0.05, 0.1) is 0 Å². The average Bonchev–Trinajstić information content (AvgIpc) is 3.36. The Morgan fingerprint density at radius 3 is 2.21 bits per heavy atom. The van der Waals surface area contributed by atoms with Gasteiger partial charge in [0.15, 0.2) is 0 Å². The molecule has 2 heterocycles. The molecule has 0 saturated carbocycles. The smallest absolute Gasteiger partial charge is 0.320 e. The molecule has 0 radical (unpaired) electrons. The molecule has 0 bridgehead atoms. The number of carbonyl (C=O) groups excluding carboxylic acids is 1. The SMILES string of the molecule is CCN(C(=O)CCc1ccccc1)C1CCN(CC2CN(C(CC(C)C)C(=O)O)CC2c2ccccc2)CC1. The molecule has 2 aliphatic rings. The predicted octanol–water partition coefficient (Wildman–Crippen LogP) is 5.15. The number of aryl methyl sites for hydroxylation is 1. The van der Waals surface area contributed by atoms with Crippen LogP contribution in [0, 0.1) is 11.8 Å². The van der Waals surface area contributed by atoms with Crippen LogP contribution in [0.15, 0.2) is 60.7 Å². The molecule has 1 N–H and O–H groups in total. The van der Waals surface area contributed by atoms with Gasteiger partial charge in [0, 0.05) is 57.6 Å². The third-order valence-electron chi connectivity index (χ3n) is 8.74. The molecule has 6 heteroatoms. The van der Waals surface area contributed by atoms with E-state index < -0.39 is 12.0 Å². The zero-order valence-corrected chi connectivity index (χ0v) is 24.0. The third-order valence-corrected chi connectivity index (χ3v) is 8.74. The van der Waals surface area contributed by atoms with Gasteiger partial charge < -0.3 is 14.9 Å². The van der Waals surface area contributed by atoms with Crippen LogP contribution in [0.25, 0.3) is 0 Å². The van der Waals surface area contributed by atoms with Gasteiger partial charge in [-0.3, -0.25) is 14.5 Å². The van der Waals surface area contributed by atoms with Gasteiger partial charge in [-0.25, -0.2) is 0 Å². The Morgan fingerprint density at radius 1 is 0.974 bits per heavy atom. The molecule has 2 aliphatic heterocycles. The normalized spacial score (nSPS) is 21.7. The molecule has 4 rings (SSSR count). The molecular weight excluding hydrogens is 486 g/mol. The number of piperidine rings is 1. The Hall–Kier alpha value is -2.70. The lowest BCUT2D eigenvalue weighted by Gasteiger charge is -2.39. The number of nitrogens with zero attached hydrogens (tertiary/aromatic N) is 3. The van der Waals surface area contributed by atoms with Crippen LogP contribution in [0.2, 0.25) is 0 Å². The summed E-state index contributed by atoms with van der Waals surface area (Å²) in [7, 11) is 0. The first kappa shape index (κ1) is 29.3. The van der Waals surface area contributed by atoms with Crippen LogP contribution in [0.4, 0.5) is 0 Å². The van der Waals surface area contributed by atoms with Crippen LogP contribution in [0.1, 0.15) is 63.5 Å². The minimum atomic E-state index is -0.700. The van der Waals surface area contributed by atoms with Crippen molar-refractivity contribution in [1.29, 1.82) is 0 Å². The number of carboxylic acids is 1. The largest absolute Gasteiger partial charge is 0.480 e. The first-order chi connectivity index (χ1) is 18.9. The highest BCUT2D eigenvalue weighted by molar-refractivity contribution is 5.76. The highest BCUT2D eigenvalue weighted by Gasteiger charge is 2.40. The van der Waals surface area contributed by atoms with Crippen molar-refractivity contribution in [3.05, 3.63) is 71.8 Å². The summed E-state index contributed by atoms with van der Waals surface area (Å²) in [6.45, 7) is 11.6. The van der Waals surface area contributed by atoms with Gasteiger partial charge in [0.25, 0.3) is 0 Å². The number of aliphatic carboxylic acids is 1. The number of likely N-dealkylation sites (tertiary alicyclic amines) is 2. The summed E-state index contributed by atoms with van der Waals surface area (Å²) < 4.78 is 0. The molecule has 0 aromatic heterocycles. The number of rotatable bonds is 12. The summed E-state index contributed by atoms with van der Waals surface area (Å²) in [6.07, 6.45) is 4.04. The van der Waals surface area contributed by atoms with Crippen molar-refractivity contribution >= 4 is 11.9 Å². The van der Waals surface area contributed by atoms with E-state index >= 15 is 0 Å². The summed E-state index contributed by atoms with van der Waals surface area (Å²) in [4.78, 5) is 32.2. The lowest BCUT2D eigenvalue weighted by Crippen LogP contribution is -2.48. The fourth-order valence-electron chi connectivity index (χ4n) is 6.70. The van der Waals surface area contributed by atoms with Crippen molar-refractivity contribution < 1.29 is 14.7 Å². The molecule has 3 atom stereocenters. The molecule has 1 amide bonds. The highest BCUT2D eigenvalue weighted by Crippen LogP contribution is 2.36. The summed E-state index contributed by atoms with van der Waals surface area (Å²) in [5.74, 6) is 0.641. The van der Waals surface area contributed by atoms with E-state index in [0.29, 0.717) is 36.6 Å². The van der Waals surface area contributed by atoms with E-state index in [1.165, 1.54) is 11.1 Å². The van der Waals surface area contributed by atoms with Gasteiger partial charge in [-0.05, 0) is 55.6 Å². The summed E-state index contributed by atoms with van der Waals surface area (Å²) >= 11 is 0. The van der Waals surface area contributed by atoms with Crippen molar-refractivity contribution in [2.75, 3.05) is 39.3 Å². The molecule has 0 aliphatic carbocycles. The number of hydrogen-bond donors (Lipinski definition) is 1. The highest BCUT2D eigenvalue weighted by atomic mass is 16.4. The molecule has 3 unspecified atom stereocenters. The Labute approximate surface area is 235 Å². The topological polar surface area (TPSA) is 64.1 Å². The van der Waals surface area contributed by atoms with Crippen LogP contribution in [0.5, 0.6) is 0 Å². The van der Waals surface area contributed by atoms with Crippen LogP contribution in [-0.4, -0.2) is 83.0 Å². The third kappa shape index (κ3) is 7.92. The van der Waals surface area contributed by atoms with Gasteiger partial charge in [-0.2, -0.15) is 0 Å². The molecular formula is C33H47N3O3. The number of carbonyl (C=O) groups is 2. The van der Waals surface area contributed by atoms with E-state index in [-0.39, 0.29) is 5.91 Å². The molecule has 2 fully saturated rings. The second-order valence-electron chi connectivity index (χ2n) is 11.9. The van der Waals surface area contributed by atoms with Crippen molar-refractivity contribution in [3.63, 3.8) is 0 Å². The van der Waals surface area contributed by atoms with Crippen LogP contribution in [0.3, 0.4) is 0 Å². The maximum Gasteiger partial charge on any atom is 0.320 e. The fraction of sp³-hybridized carbons (Fsp3) is 0.576. The first-order valence-electron chi connectivity index (χ1n) is 14.9. The van der Waals surface area contributed by atoms with Crippen molar-refractivity contribution in [3.8, 4) is 0 Å². The molecule has 6 nitrogen and oxygen atoms in total. The maximum absolute atomic E-state index is 13.1. The van der Waals surface area contributed by atoms with Crippen molar-refractivity contribution in [2.24, 2.45) is 11.8 Å². The molecule has 39 heavy (non-hydrogen) atoms. The summed E-state index contributed by atoms with van der Waals surface area (Å²) in [6, 6.07) is 20.8. The van der Waals surface area contributed by atoms with Gasteiger partial charge in [-0.1, -0.05) is 74.5 Å². The Kier molecular flexibility index (Phi) is 10.6. The molecule has 2 aromatic carbocycles. The Bertz CT molecular complexity index is 1040. The van der Waals surface area contributed by atoms with Crippen molar-refractivity contribution in [2.45, 2.75) is 70.9 Å². The number of benzene rings is 2. The molecule has 0 spiro atoms. The lowest BCUT2D eigenvalue weighted by molar-refractivity contribution is -0.143. The van der Waals surface area contributed by atoms with Crippen LogP contribution >= 0.6 is 0 Å². The van der Waals surface area contributed by atoms with Gasteiger partial charge in [0.2, 0.25) is 5.91 Å². The second-order valence-corrected chi connectivity index (χ2v) is 11.9. The standard InChI is InChI=1S/C33H47N3O3/c1-4-36(32(37)16-15-26-11-7-5-8-12-26)29-17-19-34(20-18-29)22-28-23-35(31(33(38)39)21-25(2)3)24-30(28)27-13-9-6-10-14-27/h5-14,25,28-31H,4,15-24H2,1-3H3,(H,38,39). The fourth-order valence-corrected chi connectivity index (χ4v) is 6.70. The predicted molar refractivity (Wildman–Crippen MR) is 157 cm³/mol. The monoisotopic (exact) mass is 533 g/mol. The number of carboxylic acid groups (broad SMARTS) is 1. The minimum Gasteiger partial charge on any atom is -0.480 e. The Balaban J connectivity index is 1.35. The van der Waals surface area contributed by atoms with Gasteiger partial charge in [0.1, 0.15) is 6.04 Å². The van der Waals surface area contributed by atoms with Crippen molar-refractivity contribution in [1.82, 2.24) is 14.7 Å². The lowest BCUT2D eigenvalue weighted by atomic mass is 9.88. The average molecular weight is 534 g/mol. The minimum absolute atomic E-state index is 0.264. The van der Waals surface area contributed by atoms with Crippen LogP contribution < -0.4 is 0 Å². The number of hydrogen-bond acceptors (Lipinski definition) is 4. The van der Waals surface area contributed by atoms with E-state index in [4.69, 9.17) is 0 Å². The first-order valence-corrected chi connectivity index (χ1v) is 14.9. The zero-order chi connectivity index (χ0) is 27.8. The quantitative estimate of drug-likeness (QED) is 0.409. The second kappa shape index (κ2) is 14.1. The molecule has 212 valence electrons. The zero-order valence-electron chi connectivity index (χ0n) is 24.0. The van der Waals surface area contributed by atoms with E-state index in [9.17, 15) is 14.7 Å². The van der Waals surface area contributed by atoms with Gasteiger partial charge >= 0.3 is 5.97 Å².